The van der Waals surface area contributed by atoms with Crippen LogP contribution < -0.4 is 10.6 Å². The molecule has 0 atom stereocenters. The van der Waals surface area contributed by atoms with E-state index in [9.17, 15) is 4.79 Å². The number of rotatable bonds is 4. The van der Waals surface area contributed by atoms with Crippen LogP contribution in [0.4, 0.5) is 17.3 Å². The van der Waals surface area contributed by atoms with E-state index in [1.807, 2.05) is 55.5 Å². The summed E-state index contributed by atoms with van der Waals surface area (Å²) in [6.07, 6.45) is 1.55. The third-order valence-corrected chi connectivity index (χ3v) is 4.20. The van der Waals surface area contributed by atoms with Crippen molar-refractivity contribution >= 4 is 39.2 Å². The standard InChI is InChI=1S/C18H15BrN4O/c1-12-7-8-14(11-15(12)19)22-18-20-10-9-16(23-18)17(24)21-13-5-3-2-4-6-13/h2-11H,1H3,(H,21,24)(H,20,22,23). The fourth-order valence-corrected chi connectivity index (χ4v) is 2.44. The Labute approximate surface area is 148 Å². The largest absolute Gasteiger partial charge is 0.324 e. The molecule has 0 fully saturated rings. The number of carbonyl (C=O) groups is 1. The fourth-order valence-electron chi connectivity index (χ4n) is 2.06. The molecule has 6 heteroatoms. The first-order valence-electron chi connectivity index (χ1n) is 7.34. The molecule has 0 aliphatic heterocycles. The molecule has 0 aliphatic rings. The molecular weight excluding hydrogens is 368 g/mol. The molecule has 2 aromatic carbocycles. The van der Waals surface area contributed by atoms with Crippen molar-refractivity contribution in [1.29, 1.82) is 0 Å². The van der Waals surface area contributed by atoms with Gasteiger partial charge in [0.05, 0.1) is 0 Å². The third kappa shape index (κ3) is 3.97. The highest BCUT2D eigenvalue weighted by molar-refractivity contribution is 9.10. The Kier molecular flexibility index (Phi) is 4.86. The Hall–Kier alpha value is -2.73. The molecular formula is C18H15BrN4O. The van der Waals surface area contributed by atoms with Crippen molar-refractivity contribution < 1.29 is 4.79 Å². The first kappa shape index (κ1) is 16.1. The second-order valence-electron chi connectivity index (χ2n) is 5.17. The van der Waals surface area contributed by atoms with Gasteiger partial charge in [-0.05, 0) is 42.8 Å². The van der Waals surface area contributed by atoms with Crippen LogP contribution in [0.1, 0.15) is 16.1 Å². The number of nitrogens with one attached hydrogen (secondary N) is 2. The molecule has 0 bridgehead atoms. The van der Waals surface area contributed by atoms with Gasteiger partial charge in [-0.15, -0.1) is 0 Å². The number of para-hydroxylation sites is 1. The lowest BCUT2D eigenvalue weighted by Gasteiger charge is -2.08. The van der Waals surface area contributed by atoms with Crippen molar-refractivity contribution in [2.75, 3.05) is 10.6 Å². The molecule has 0 unspecified atom stereocenters. The molecule has 1 aromatic heterocycles. The minimum Gasteiger partial charge on any atom is -0.324 e. The van der Waals surface area contributed by atoms with Crippen LogP contribution in [0.15, 0.2) is 65.3 Å². The van der Waals surface area contributed by atoms with Gasteiger partial charge >= 0.3 is 0 Å². The fraction of sp³-hybridized carbons (Fsp3) is 0.0556. The van der Waals surface area contributed by atoms with Crippen LogP contribution in [0.25, 0.3) is 0 Å². The molecule has 3 aromatic rings. The SMILES string of the molecule is Cc1ccc(Nc2nccc(C(=O)Nc3ccccc3)n2)cc1Br. The molecule has 120 valence electrons. The van der Waals surface area contributed by atoms with Crippen LogP contribution in [0.2, 0.25) is 0 Å². The van der Waals surface area contributed by atoms with E-state index in [4.69, 9.17) is 0 Å². The molecule has 5 nitrogen and oxygen atoms in total. The van der Waals surface area contributed by atoms with Crippen LogP contribution in [0.3, 0.4) is 0 Å². The van der Waals surface area contributed by atoms with E-state index in [0.29, 0.717) is 11.6 Å². The molecule has 1 amide bonds. The summed E-state index contributed by atoms with van der Waals surface area (Å²) in [5, 5.41) is 5.90. The number of hydrogen-bond donors (Lipinski definition) is 2. The van der Waals surface area contributed by atoms with E-state index < -0.39 is 0 Å². The Morgan fingerprint density at radius 2 is 1.83 bits per heavy atom. The maximum atomic E-state index is 12.3. The van der Waals surface area contributed by atoms with Crippen molar-refractivity contribution in [2.45, 2.75) is 6.92 Å². The van der Waals surface area contributed by atoms with Gasteiger partial charge in [0.25, 0.3) is 5.91 Å². The molecule has 0 radical (unpaired) electrons. The maximum absolute atomic E-state index is 12.3. The van der Waals surface area contributed by atoms with Gasteiger partial charge in [-0.2, -0.15) is 0 Å². The Bertz CT molecular complexity index is 868. The minimum absolute atomic E-state index is 0.281. The summed E-state index contributed by atoms with van der Waals surface area (Å²) in [6, 6.07) is 16.7. The molecule has 2 N–H and O–H groups in total. The van der Waals surface area contributed by atoms with Crippen molar-refractivity contribution in [3.8, 4) is 0 Å². The Morgan fingerprint density at radius 3 is 2.58 bits per heavy atom. The summed E-state index contributed by atoms with van der Waals surface area (Å²) in [5.74, 6) is 0.0863. The van der Waals surface area contributed by atoms with Crippen LogP contribution >= 0.6 is 15.9 Å². The first-order chi connectivity index (χ1) is 11.6. The average Bonchev–Trinajstić information content (AvgIpc) is 2.59. The van der Waals surface area contributed by atoms with Gasteiger partial charge in [-0.25, -0.2) is 9.97 Å². The quantitative estimate of drug-likeness (QED) is 0.694. The topological polar surface area (TPSA) is 66.9 Å². The molecule has 3 rings (SSSR count). The number of anilines is 3. The lowest BCUT2D eigenvalue weighted by Crippen LogP contribution is -2.14. The molecule has 0 saturated heterocycles. The zero-order valence-corrected chi connectivity index (χ0v) is 14.5. The van der Waals surface area contributed by atoms with Gasteiger partial charge in [-0.1, -0.05) is 40.2 Å². The van der Waals surface area contributed by atoms with Crippen LogP contribution in [0, 0.1) is 6.92 Å². The normalized spacial score (nSPS) is 10.2. The van der Waals surface area contributed by atoms with Gasteiger partial charge in [0.15, 0.2) is 0 Å². The number of amides is 1. The van der Waals surface area contributed by atoms with E-state index in [1.165, 1.54) is 0 Å². The smallest absolute Gasteiger partial charge is 0.274 e. The number of halogens is 1. The van der Waals surface area contributed by atoms with Crippen molar-refractivity contribution in [2.24, 2.45) is 0 Å². The predicted molar refractivity (Wildman–Crippen MR) is 98.6 cm³/mol. The second-order valence-corrected chi connectivity index (χ2v) is 6.03. The lowest BCUT2D eigenvalue weighted by molar-refractivity contribution is 0.102. The third-order valence-electron chi connectivity index (χ3n) is 3.35. The maximum Gasteiger partial charge on any atom is 0.274 e. The van der Waals surface area contributed by atoms with E-state index in [0.717, 1.165) is 21.4 Å². The number of carbonyl (C=O) groups excluding carboxylic acids is 1. The molecule has 1 heterocycles. The molecule has 0 aliphatic carbocycles. The summed E-state index contributed by atoms with van der Waals surface area (Å²) in [5.41, 5.74) is 2.99. The van der Waals surface area contributed by atoms with Crippen molar-refractivity contribution in [1.82, 2.24) is 9.97 Å². The van der Waals surface area contributed by atoms with E-state index in [2.05, 4.69) is 36.5 Å². The number of nitrogens with zero attached hydrogens (tertiary/aromatic N) is 2. The van der Waals surface area contributed by atoms with Crippen LogP contribution in [-0.4, -0.2) is 15.9 Å². The summed E-state index contributed by atoms with van der Waals surface area (Å²) < 4.78 is 0.991. The van der Waals surface area contributed by atoms with Gasteiger partial charge < -0.3 is 10.6 Å². The number of hydrogen-bond acceptors (Lipinski definition) is 4. The molecule has 0 spiro atoms. The van der Waals surface area contributed by atoms with Crippen LogP contribution in [0.5, 0.6) is 0 Å². The average molecular weight is 383 g/mol. The summed E-state index contributed by atoms with van der Waals surface area (Å²) in [7, 11) is 0. The highest BCUT2D eigenvalue weighted by Crippen LogP contribution is 2.22. The lowest BCUT2D eigenvalue weighted by atomic mass is 10.2. The monoisotopic (exact) mass is 382 g/mol. The number of benzene rings is 2. The predicted octanol–water partition coefficient (Wildman–Crippen LogP) is 4.54. The van der Waals surface area contributed by atoms with Gasteiger partial charge in [0, 0.05) is 22.0 Å². The highest BCUT2D eigenvalue weighted by atomic mass is 79.9. The van der Waals surface area contributed by atoms with Crippen LogP contribution in [-0.2, 0) is 0 Å². The van der Waals surface area contributed by atoms with E-state index in [1.54, 1.807) is 12.3 Å². The summed E-state index contributed by atoms with van der Waals surface area (Å²) in [6.45, 7) is 2.01. The Balaban J connectivity index is 1.76. The van der Waals surface area contributed by atoms with Gasteiger partial charge in [0.2, 0.25) is 5.95 Å². The summed E-state index contributed by atoms with van der Waals surface area (Å²) in [4.78, 5) is 20.7. The molecule has 0 saturated carbocycles. The molecule has 24 heavy (non-hydrogen) atoms. The highest BCUT2D eigenvalue weighted by Gasteiger charge is 2.09. The summed E-state index contributed by atoms with van der Waals surface area (Å²) >= 11 is 3.49. The minimum atomic E-state index is -0.281. The Morgan fingerprint density at radius 1 is 1.04 bits per heavy atom. The van der Waals surface area contributed by atoms with Gasteiger partial charge in [0.1, 0.15) is 5.69 Å². The van der Waals surface area contributed by atoms with E-state index in [-0.39, 0.29) is 5.91 Å². The van der Waals surface area contributed by atoms with Crippen molar-refractivity contribution in [3.05, 3.63) is 76.5 Å². The van der Waals surface area contributed by atoms with Gasteiger partial charge in [-0.3, -0.25) is 4.79 Å². The first-order valence-corrected chi connectivity index (χ1v) is 8.14. The van der Waals surface area contributed by atoms with Crippen molar-refractivity contribution in [3.63, 3.8) is 0 Å². The zero-order chi connectivity index (χ0) is 16.9. The number of aromatic nitrogens is 2. The number of aryl methyl sites for hydroxylation is 1. The van der Waals surface area contributed by atoms with E-state index >= 15 is 0 Å². The second kappa shape index (κ2) is 7.23. The zero-order valence-electron chi connectivity index (χ0n) is 13.0.